The van der Waals surface area contributed by atoms with Gasteiger partial charge in [-0.2, -0.15) is 0 Å². The minimum atomic E-state index is -0.999. The molecule has 0 aromatic rings. The first-order chi connectivity index (χ1) is 9.09. The van der Waals surface area contributed by atoms with Gasteiger partial charge in [0.1, 0.15) is 12.1 Å². The molecule has 0 aromatic carbocycles. The van der Waals surface area contributed by atoms with Gasteiger partial charge in [-0.1, -0.05) is 19.3 Å². The molecule has 0 unspecified atom stereocenters. The van der Waals surface area contributed by atoms with Gasteiger partial charge in [0.05, 0.1) is 0 Å². The van der Waals surface area contributed by atoms with Crippen LogP contribution in [0.3, 0.4) is 0 Å². The highest BCUT2D eigenvalue weighted by atomic mass is 16.4. The Labute approximate surface area is 112 Å². The predicted octanol–water partition coefficient (Wildman–Crippen LogP) is 1.00. The molecule has 2 N–H and O–H groups in total. The van der Waals surface area contributed by atoms with Crippen molar-refractivity contribution in [1.29, 1.82) is 0 Å². The maximum absolute atomic E-state index is 12.4. The number of fused-ring (bicyclic) bond motifs is 1. The first kappa shape index (κ1) is 12.9. The van der Waals surface area contributed by atoms with Crippen LogP contribution < -0.4 is 0 Å². The van der Waals surface area contributed by atoms with Crippen LogP contribution in [-0.4, -0.2) is 45.2 Å². The van der Waals surface area contributed by atoms with Crippen molar-refractivity contribution in [1.82, 2.24) is 4.90 Å². The van der Waals surface area contributed by atoms with Gasteiger partial charge in [-0.05, 0) is 37.5 Å². The minimum Gasteiger partial charge on any atom is -0.480 e. The minimum absolute atomic E-state index is 0.0218. The van der Waals surface area contributed by atoms with E-state index in [1.54, 1.807) is 0 Å². The van der Waals surface area contributed by atoms with Crippen LogP contribution >= 0.6 is 0 Å². The summed E-state index contributed by atoms with van der Waals surface area (Å²) in [5.41, 5.74) is 0. The first-order valence-corrected chi connectivity index (χ1v) is 7.32. The number of piperidine rings is 1. The molecular weight excluding hydrogens is 246 g/mol. The molecule has 0 bridgehead atoms. The highest BCUT2D eigenvalue weighted by Gasteiger charge is 2.57. The Morgan fingerprint density at radius 3 is 2.42 bits per heavy atom. The number of carboxylic acid groups (broad SMARTS) is 1. The van der Waals surface area contributed by atoms with Crippen LogP contribution in [0.2, 0.25) is 0 Å². The van der Waals surface area contributed by atoms with Crippen molar-refractivity contribution in [3.05, 3.63) is 0 Å². The van der Waals surface area contributed by atoms with E-state index in [0.29, 0.717) is 12.3 Å². The summed E-state index contributed by atoms with van der Waals surface area (Å²) in [5.74, 6) is -0.905. The summed E-state index contributed by atoms with van der Waals surface area (Å²) >= 11 is 0. The normalized spacial score (nSPS) is 35.8. The molecule has 5 heteroatoms. The fraction of sp³-hybridized carbons (Fsp3) is 0.857. The Morgan fingerprint density at radius 1 is 1.11 bits per heavy atom. The summed E-state index contributed by atoms with van der Waals surface area (Å²) in [4.78, 5) is 25.1. The van der Waals surface area contributed by atoms with Gasteiger partial charge >= 0.3 is 5.97 Å². The molecule has 2 aliphatic carbocycles. The number of aliphatic hydroxyl groups excluding tert-OH is 1. The molecule has 3 rings (SSSR count). The summed E-state index contributed by atoms with van der Waals surface area (Å²) in [6.45, 7) is 0. The molecule has 3 fully saturated rings. The molecule has 0 radical (unpaired) electrons. The number of aliphatic carboxylic acids is 1. The van der Waals surface area contributed by atoms with Gasteiger partial charge in [-0.25, -0.2) is 4.79 Å². The van der Waals surface area contributed by atoms with E-state index in [-0.39, 0.29) is 17.9 Å². The van der Waals surface area contributed by atoms with Crippen LogP contribution in [-0.2, 0) is 9.59 Å². The van der Waals surface area contributed by atoms with Crippen LogP contribution in [0.15, 0.2) is 0 Å². The number of hydrogen-bond donors (Lipinski definition) is 2. The molecule has 5 nitrogen and oxygen atoms in total. The number of likely N-dealkylation sites (tertiary alicyclic amines) is 1. The monoisotopic (exact) mass is 267 g/mol. The largest absolute Gasteiger partial charge is 0.480 e. The molecule has 0 aromatic heterocycles. The Balaban J connectivity index is 1.69. The molecule has 1 amide bonds. The molecule has 1 saturated heterocycles. The zero-order valence-corrected chi connectivity index (χ0v) is 11.0. The molecule has 106 valence electrons. The number of aliphatic hydroxyl groups is 1. The van der Waals surface area contributed by atoms with Crippen LogP contribution in [0.4, 0.5) is 0 Å². The van der Waals surface area contributed by atoms with Gasteiger partial charge in [-0.3, -0.25) is 4.79 Å². The maximum atomic E-state index is 12.4. The zero-order valence-electron chi connectivity index (χ0n) is 11.0. The van der Waals surface area contributed by atoms with Crippen LogP contribution in [0, 0.1) is 11.8 Å². The van der Waals surface area contributed by atoms with E-state index in [2.05, 4.69) is 0 Å². The highest BCUT2D eigenvalue weighted by molar-refractivity contribution is 5.88. The Kier molecular flexibility index (Phi) is 3.25. The Morgan fingerprint density at radius 2 is 1.79 bits per heavy atom. The van der Waals surface area contributed by atoms with Crippen molar-refractivity contribution in [3.8, 4) is 0 Å². The summed E-state index contributed by atoms with van der Waals surface area (Å²) in [7, 11) is 0. The number of carbonyl (C=O) groups is 2. The van der Waals surface area contributed by atoms with E-state index >= 15 is 0 Å². The lowest BCUT2D eigenvalue weighted by molar-refractivity contribution is -0.155. The molecule has 2 saturated carbocycles. The smallest absolute Gasteiger partial charge is 0.326 e. The molecule has 0 spiro atoms. The predicted molar refractivity (Wildman–Crippen MR) is 67.4 cm³/mol. The zero-order chi connectivity index (χ0) is 13.6. The molecule has 1 aliphatic heterocycles. The summed E-state index contributed by atoms with van der Waals surface area (Å²) in [6.07, 6.45) is 5.52. The molecule has 4 atom stereocenters. The van der Waals surface area contributed by atoms with E-state index in [4.69, 9.17) is 0 Å². The second kappa shape index (κ2) is 4.78. The molecule has 1 heterocycles. The van der Waals surface area contributed by atoms with Gasteiger partial charge in [0.25, 0.3) is 5.91 Å². The standard InChI is InChI=1S/C14H21NO4/c16-12(8-4-2-1-3-5-8)13(17)15-10-6-9(10)7-11(15)14(18)19/h8-12,16H,1-7H2,(H,18,19)/t9-,10-,11+,12-/m1/s1. The van der Waals surface area contributed by atoms with E-state index < -0.39 is 18.1 Å². The molecule has 19 heavy (non-hydrogen) atoms. The fourth-order valence-electron chi connectivity index (χ4n) is 3.80. The number of rotatable bonds is 3. The van der Waals surface area contributed by atoms with Crippen molar-refractivity contribution in [2.75, 3.05) is 0 Å². The lowest BCUT2D eigenvalue weighted by atomic mass is 9.84. The Bertz CT molecular complexity index is 391. The van der Waals surface area contributed by atoms with Gasteiger partial charge in [0, 0.05) is 6.04 Å². The average molecular weight is 267 g/mol. The maximum Gasteiger partial charge on any atom is 0.326 e. The van der Waals surface area contributed by atoms with E-state index in [1.807, 2.05) is 0 Å². The SMILES string of the molecule is O=C(O)[C@@H]1C[C@H]2C[C@H]2N1C(=O)[C@H](O)C1CCCCC1. The third kappa shape index (κ3) is 2.24. The van der Waals surface area contributed by atoms with Crippen molar-refractivity contribution in [2.24, 2.45) is 11.8 Å². The number of nitrogens with zero attached hydrogens (tertiary/aromatic N) is 1. The number of amides is 1. The van der Waals surface area contributed by atoms with Crippen molar-refractivity contribution < 1.29 is 19.8 Å². The topological polar surface area (TPSA) is 77.8 Å². The number of carboxylic acids is 1. The van der Waals surface area contributed by atoms with Gasteiger partial charge in [-0.15, -0.1) is 0 Å². The van der Waals surface area contributed by atoms with Crippen molar-refractivity contribution in [2.45, 2.75) is 63.1 Å². The Hall–Kier alpha value is -1.10. The fourth-order valence-corrected chi connectivity index (χ4v) is 3.80. The number of carbonyl (C=O) groups excluding carboxylic acids is 1. The van der Waals surface area contributed by atoms with Crippen molar-refractivity contribution >= 4 is 11.9 Å². The third-order valence-electron chi connectivity index (χ3n) is 4.99. The molecular formula is C14H21NO4. The van der Waals surface area contributed by atoms with Crippen LogP contribution in [0.25, 0.3) is 0 Å². The van der Waals surface area contributed by atoms with Crippen molar-refractivity contribution in [3.63, 3.8) is 0 Å². The number of hydrogen-bond acceptors (Lipinski definition) is 3. The quantitative estimate of drug-likeness (QED) is 0.799. The van der Waals surface area contributed by atoms with Crippen LogP contribution in [0.5, 0.6) is 0 Å². The lowest BCUT2D eigenvalue weighted by Crippen LogP contribution is -2.49. The van der Waals surface area contributed by atoms with E-state index in [1.165, 1.54) is 11.3 Å². The highest BCUT2D eigenvalue weighted by Crippen LogP contribution is 2.48. The van der Waals surface area contributed by atoms with Gasteiger partial charge in [0.2, 0.25) is 0 Å². The second-order valence-corrected chi connectivity index (χ2v) is 6.24. The summed E-state index contributed by atoms with van der Waals surface area (Å²) in [5, 5.41) is 19.4. The van der Waals surface area contributed by atoms with E-state index in [0.717, 1.165) is 32.1 Å². The summed E-state index contributed by atoms with van der Waals surface area (Å²) in [6, 6.07) is -0.638. The van der Waals surface area contributed by atoms with Gasteiger partial charge < -0.3 is 15.1 Å². The van der Waals surface area contributed by atoms with E-state index in [9.17, 15) is 19.8 Å². The third-order valence-corrected chi connectivity index (χ3v) is 4.99. The molecule has 3 aliphatic rings. The first-order valence-electron chi connectivity index (χ1n) is 7.32. The van der Waals surface area contributed by atoms with Crippen LogP contribution in [0.1, 0.15) is 44.9 Å². The lowest BCUT2D eigenvalue weighted by Gasteiger charge is -2.31. The van der Waals surface area contributed by atoms with Gasteiger partial charge in [0.15, 0.2) is 0 Å². The second-order valence-electron chi connectivity index (χ2n) is 6.24. The average Bonchev–Trinajstić information content (AvgIpc) is 3.09. The summed E-state index contributed by atoms with van der Waals surface area (Å²) < 4.78 is 0.